The fourth-order valence-corrected chi connectivity index (χ4v) is 3.31. The third-order valence-electron chi connectivity index (χ3n) is 4.47. The average Bonchev–Trinajstić information content (AvgIpc) is 2.47. The molecule has 2 aliphatic rings. The number of rotatable bonds is 3. The number of anilines is 1. The summed E-state index contributed by atoms with van der Waals surface area (Å²) < 4.78 is 5.89. The molecule has 1 saturated heterocycles. The summed E-state index contributed by atoms with van der Waals surface area (Å²) in [5.41, 5.74) is 3.41. The van der Waals surface area contributed by atoms with Crippen LogP contribution in [0.15, 0.2) is 18.2 Å². The minimum absolute atomic E-state index is 0.146. The maximum atomic E-state index is 11.5. The Morgan fingerprint density at radius 3 is 3.00 bits per heavy atom. The molecule has 0 aromatic heterocycles. The molecule has 2 aliphatic heterocycles. The van der Waals surface area contributed by atoms with Crippen LogP contribution in [0, 0.1) is 0 Å². The van der Waals surface area contributed by atoms with Gasteiger partial charge in [-0.2, -0.15) is 0 Å². The number of ether oxygens (including phenoxy) is 1. The number of fused-ring (bicyclic) bond motifs is 1. The van der Waals surface area contributed by atoms with E-state index in [9.17, 15) is 4.79 Å². The van der Waals surface area contributed by atoms with E-state index in [1.807, 2.05) is 6.07 Å². The first-order valence-electron chi connectivity index (χ1n) is 7.82. The van der Waals surface area contributed by atoms with E-state index in [-0.39, 0.29) is 11.9 Å². The largest absolute Gasteiger partial charge is 0.374 e. The van der Waals surface area contributed by atoms with Crippen molar-refractivity contribution in [2.75, 3.05) is 44.7 Å². The smallest absolute Gasteiger partial charge is 0.159 e. The van der Waals surface area contributed by atoms with Crippen LogP contribution in [-0.2, 0) is 11.2 Å². The van der Waals surface area contributed by atoms with Crippen LogP contribution in [0.2, 0.25) is 0 Å². The molecule has 21 heavy (non-hydrogen) atoms. The Kier molecular flexibility index (Phi) is 4.27. The van der Waals surface area contributed by atoms with Crippen LogP contribution in [0.3, 0.4) is 0 Å². The van der Waals surface area contributed by atoms with Gasteiger partial charge in [0.1, 0.15) is 0 Å². The molecule has 1 fully saturated rings. The molecule has 4 heteroatoms. The Hall–Kier alpha value is -1.39. The number of carbonyl (C=O) groups is 1. The monoisotopic (exact) mass is 288 g/mol. The summed E-state index contributed by atoms with van der Waals surface area (Å²) in [5.74, 6) is 0.146. The van der Waals surface area contributed by atoms with Gasteiger partial charge in [-0.25, -0.2) is 0 Å². The number of hydrogen-bond acceptors (Lipinski definition) is 4. The Morgan fingerprint density at radius 1 is 1.38 bits per heavy atom. The van der Waals surface area contributed by atoms with E-state index in [1.165, 1.54) is 11.3 Å². The van der Waals surface area contributed by atoms with Crippen LogP contribution in [0.25, 0.3) is 0 Å². The highest BCUT2D eigenvalue weighted by Gasteiger charge is 2.24. The van der Waals surface area contributed by atoms with Crippen LogP contribution in [-0.4, -0.2) is 56.6 Å². The second-order valence-electron chi connectivity index (χ2n) is 6.20. The highest BCUT2D eigenvalue weighted by Crippen LogP contribution is 2.28. The molecule has 0 amide bonds. The van der Waals surface area contributed by atoms with E-state index >= 15 is 0 Å². The van der Waals surface area contributed by atoms with E-state index in [0.29, 0.717) is 0 Å². The molecule has 0 spiro atoms. The maximum Gasteiger partial charge on any atom is 0.159 e. The second-order valence-corrected chi connectivity index (χ2v) is 6.20. The van der Waals surface area contributed by atoms with E-state index in [0.717, 1.165) is 51.2 Å². The first kappa shape index (κ1) is 14.5. The maximum absolute atomic E-state index is 11.5. The number of morpholine rings is 1. The molecule has 0 bridgehead atoms. The topological polar surface area (TPSA) is 32.8 Å². The first-order valence-corrected chi connectivity index (χ1v) is 7.82. The molecule has 0 aliphatic carbocycles. The lowest BCUT2D eigenvalue weighted by atomic mass is 9.97. The van der Waals surface area contributed by atoms with Crippen LogP contribution in [0.4, 0.5) is 5.69 Å². The molecular weight excluding hydrogens is 264 g/mol. The number of likely N-dealkylation sites (N-methyl/N-ethyl adjacent to an activating group) is 1. The number of hydrogen-bond donors (Lipinski definition) is 0. The highest BCUT2D eigenvalue weighted by molar-refractivity contribution is 5.94. The van der Waals surface area contributed by atoms with Gasteiger partial charge < -0.3 is 14.5 Å². The predicted molar refractivity (Wildman–Crippen MR) is 84.2 cm³/mol. The normalized spacial score (nSPS) is 23.0. The van der Waals surface area contributed by atoms with Crippen LogP contribution >= 0.6 is 0 Å². The quantitative estimate of drug-likeness (QED) is 0.796. The van der Waals surface area contributed by atoms with E-state index in [2.05, 4.69) is 29.0 Å². The average molecular weight is 288 g/mol. The van der Waals surface area contributed by atoms with Gasteiger partial charge in [0.25, 0.3) is 0 Å². The van der Waals surface area contributed by atoms with Crippen molar-refractivity contribution in [3.8, 4) is 0 Å². The van der Waals surface area contributed by atoms with Gasteiger partial charge in [0, 0.05) is 37.4 Å². The number of ketones is 1. The highest BCUT2D eigenvalue weighted by atomic mass is 16.5. The molecule has 0 saturated carbocycles. The minimum Gasteiger partial charge on any atom is -0.374 e. The van der Waals surface area contributed by atoms with Crippen molar-refractivity contribution >= 4 is 11.5 Å². The fourth-order valence-electron chi connectivity index (χ4n) is 3.31. The van der Waals surface area contributed by atoms with Gasteiger partial charge in [-0.15, -0.1) is 0 Å². The number of aryl methyl sites for hydroxylation is 1. The number of carbonyl (C=O) groups excluding carboxylic acids is 1. The standard InChI is InChI=1S/C17H24N2O2/c1-13(20)14-5-6-17-15(10-14)4-3-7-19(17)12-16-11-18(2)8-9-21-16/h5-6,10,16H,3-4,7-9,11-12H2,1-2H3. The van der Waals surface area contributed by atoms with Crippen molar-refractivity contribution in [2.24, 2.45) is 0 Å². The third kappa shape index (κ3) is 3.27. The van der Waals surface area contributed by atoms with Crippen molar-refractivity contribution in [1.82, 2.24) is 4.90 Å². The Labute approximate surface area is 126 Å². The van der Waals surface area contributed by atoms with E-state index in [4.69, 9.17) is 4.74 Å². The van der Waals surface area contributed by atoms with Gasteiger partial charge in [-0.3, -0.25) is 4.79 Å². The van der Waals surface area contributed by atoms with Crippen molar-refractivity contribution in [2.45, 2.75) is 25.9 Å². The van der Waals surface area contributed by atoms with Crippen LogP contribution in [0.1, 0.15) is 29.3 Å². The Bertz CT molecular complexity index is 530. The summed E-state index contributed by atoms with van der Waals surface area (Å²) >= 11 is 0. The lowest BCUT2D eigenvalue weighted by Crippen LogP contribution is -2.47. The van der Waals surface area contributed by atoms with Crippen molar-refractivity contribution in [3.63, 3.8) is 0 Å². The van der Waals surface area contributed by atoms with E-state index < -0.39 is 0 Å². The number of Topliss-reactive ketones (excluding diaryl/α,β-unsaturated/α-hetero) is 1. The molecule has 1 aromatic rings. The summed E-state index contributed by atoms with van der Waals surface area (Å²) in [6, 6.07) is 6.13. The molecule has 0 radical (unpaired) electrons. The van der Waals surface area contributed by atoms with Gasteiger partial charge in [-0.05, 0) is 50.6 Å². The SMILES string of the molecule is CC(=O)c1ccc2c(c1)CCCN2CC1CN(C)CCO1. The molecule has 1 aromatic carbocycles. The number of benzene rings is 1. The molecule has 3 rings (SSSR count). The van der Waals surface area contributed by atoms with Gasteiger partial charge in [0.15, 0.2) is 5.78 Å². The first-order chi connectivity index (χ1) is 10.1. The number of nitrogens with zero attached hydrogens (tertiary/aromatic N) is 2. The zero-order chi connectivity index (χ0) is 14.8. The summed E-state index contributed by atoms with van der Waals surface area (Å²) in [7, 11) is 2.15. The molecule has 1 atom stereocenters. The lowest BCUT2D eigenvalue weighted by molar-refractivity contribution is -0.0149. The Morgan fingerprint density at radius 2 is 2.24 bits per heavy atom. The lowest BCUT2D eigenvalue weighted by Gasteiger charge is -2.37. The minimum atomic E-state index is 0.146. The molecule has 1 unspecified atom stereocenters. The van der Waals surface area contributed by atoms with Crippen molar-refractivity contribution in [3.05, 3.63) is 29.3 Å². The zero-order valence-electron chi connectivity index (χ0n) is 13.0. The fraction of sp³-hybridized carbons (Fsp3) is 0.588. The van der Waals surface area contributed by atoms with Crippen molar-refractivity contribution < 1.29 is 9.53 Å². The molecule has 114 valence electrons. The summed E-state index contributed by atoms with van der Waals surface area (Å²) in [4.78, 5) is 16.3. The zero-order valence-corrected chi connectivity index (χ0v) is 13.0. The predicted octanol–water partition coefficient (Wildman–Crippen LogP) is 1.97. The molecular formula is C17H24N2O2. The Balaban J connectivity index is 1.75. The van der Waals surface area contributed by atoms with Crippen LogP contribution in [0.5, 0.6) is 0 Å². The summed E-state index contributed by atoms with van der Waals surface area (Å²) in [6.45, 7) is 6.50. The van der Waals surface area contributed by atoms with Crippen molar-refractivity contribution in [1.29, 1.82) is 0 Å². The van der Waals surface area contributed by atoms with Gasteiger partial charge >= 0.3 is 0 Å². The molecule has 0 N–H and O–H groups in total. The van der Waals surface area contributed by atoms with Gasteiger partial charge in [-0.1, -0.05) is 0 Å². The van der Waals surface area contributed by atoms with Gasteiger partial charge in [0.2, 0.25) is 0 Å². The summed E-state index contributed by atoms with van der Waals surface area (Å²) in [6.07, 6.45) is 2.50. The van der Waals surface area contributed by atoms with E-state index in [1.54, 1.807) is 6.92 Å². The molecule has 2 heterocycles. The third-order valence-corrected chi connectivity index (χ3v) is 4.47. The second kappa shape index (κ2) is 6.16. The molecule has 4 nitrogen and oxygen atoms in total. The summed E-state index contributed by atoms with van der Waals surface area (Å²) in [5, 5.41) is 0. The van der Waals surface area contributed by atoms with Crippen LogP contribution < -0.4 is 4.90 Å². The van der Waals surface area contributed by atoms with Gasteiger partial charge in [0.05, 0.1) is 12.7 Å².